The van der Waals surface area contributed by atoms with Crippen LogP contribution in [0, 0.1) is 13.8 Å². The zero-order chi connectivity index (χ0) is 15.7. The Hall–Kier alpha value is -1.17. The first kappa shape index (κ1) is 17.9. The van der Waals surface area contributed by atoms with Crippen molar-refractivity contribution in [3.8, 4) is 0 Å². The van der Waals surface area contributed by atoms with E-state index in [1.165, 1.54) is 5.69 Å². The van der Waals surface area contributed by atoms with Gasteiger partial charge in [0, 0.05) is 30.6 Å². The number of nitrogens with zero attached hydrogens (tertiary/aromatic N) is 3. The monoisotopic (exact) mass is 311 g/mol. The number of hydrogen-bond acceptors (Lipinski definition) is 3. The summed E-state index contributed by atoms with van der Waals surface area (Å²) in [6, 6.07) is 2.11. The highest BCUT2D eigenvalue weighted by Crippen LogP contribution is 2.04. The molecule has 2 N–H and O–H groups in total. The number of aromatic nitrogens is 2. The lowest BCUT2D eigenvalue weighted by atomic mass is 10.4. The van der Waals surface area contributed by atoms with Crippen molar-refractivity contribution in [3.63, 3.8) is 0 Å². The lowest BCUT2D eigenvalue weighted by molar-refractivity contribution is 0.555. The van der Waals surface area contributed by atoms with Gasteiger partial charge in [0.05, 0.1) is 12.2 Å². The van der Waals surface area contributed by atoms with E-state index in [9.17, 15) is 0 Å². The van der Waals surface area contributed by atoms with E-state index in [0.717, 1.165) is 44.3 Å². The summed E-state index contributed by atoms with van der Waals surface area (Å²) in [6.45, 7) is 12.0. The summed E-state index contributed by atoms with van der Waals surface area (Å²) in [4.78, 5) is 4.60. The van der Waals surface area contributed by atoms with Gasteiger partial charge in [-0.05, 0) is 39.5 Å². The quantitative estimate of drug-likeness (QED) is 0.439. The molecule has 1 aromatic heterocycles. The third-order valence-electron chi connectivity index (χ3n) is 3.20. The van der Waals surface area contributed by atoms with Crippen molar-refractivity contribution >= 4 is 17.7 Å². The minimum absolute atomic E-state index is 0.551. The fourth-order valence-corrected chi connectivity index (χ4v) is 2.20. The molecular weight excluding hydrogens is 282 g/mol. The standard InChI is InChI=1S/C15H29N5S/c1-6-16-15(18-11-14(4)21-5)17-8-7-9-20-13(3)10-12(2)19-20/h10,14H,6-9,11H2,1-5H3,(H2,16,17,18). The van der Waals surface area contributed by atoms with Crippen molar-refractivity contribution < 1.29 is 0 Å². The zero-order valence-electron chi connectivity index (χ0n) is 13.9. The molecule has 0 spiro atoms. The number of rotatable bonds is 8. The van der Waals surface area contributed by atoms with Gasteiger partial charge in [0.25, 0.3) is 0 Å². The Morgan fingerprint density at radius 3 is 2.76 bits per heavy atom. The Morgan fingerprint density at radius 1 is 1.43 bits per heavy atom. The van der Waals surface area contributed by atoms with E-state index >= 15 is 0 Å². The van der Waals surface area contributed by atoms with E-state index in [1.54, 1.807) is 0 Å². The largest absolute Gasteiger partial charge is 0.357 e. The Bertz CT molecular complexity index is 441. The fraction of sp³-hybridized carbons (Fsp3) is 0.733. The lowest BCUT2D eigenvalue weighted by Gasteiger charge is -2.13. The van der Waals surface area contributed by atoms with Crippen LogP contribution in [0.1, 0.15) is 31.7 Å². The molecule has 1 unspecified atom stereocenters. The molecule has 0 radical (unpaired) electrons. The van der Waals surface area contributed by atoms with Gasteiger partial charge in [-0.1, -0.05) is 6.92 Å². The SMILES string of the molecule is CCNC(=NCC(C)SC)NCCCn1nc(C)cc1C. The first-order valence-corrected chi connectivity index (χ1v) is 8.91. The van der Waals surface area contributed by atoms with Gasteiger partial charge in [-0.3, -0.25) is 9.67 Å². The van der Waals surface area contributed by atoms with Crippen LogP contribution in [-0.2, 0) is 6.54 Å². The van der Waals surface area contributed by atoms with Crippen molar-refractivity contribution in [1.29, 1.82) is 0 Å². The second kappa shape index (κ2) is 9.71. The van der Waals surface area contributed by atoms with Crippen molar-refractivity contribution in [2.45, 2.75) is 45.9 Å². The predicted octanol–water partition coefficient (Wildman–Crippen LogP) is 2.20. The summed E-state index contributed by atoms with van der Waals surface area (Å²) in [5.74, 6) is 0.909. The fourth-order valence-electron chi connectivity index (χ4n) is 1.97. The molecule has 0 saturated heterocycles. The average Bonchev–Trinajstić information content (AvgIpc) is 2.78. The van der Waals surface area contributed by atoms with Crippen LogP contribution in [0.25, 0.3) is 0 Å². The van der Waals surface area contributed by atoms with Gasteiger partial charge in [-0.15, -0.1) is 0 Å². The van der Waals surface area contributed by atoms with Crippen LogP contribution in [-0.4, -0.2) is 46.9 Å². The highest BCUT2D eigenvalue weighted by Gasteiger charge is 2.02. The van der Waals surface area contributed by atoms with E-state index in [-0.39, 0.29) is 0 Å². The summed E-state index contributed by atoms with van der Waals surface area (Å²) >= 11 is 1.84. The molecule has 120 valence electrons. The Kier molecular flexibility index (Phi) is 8.27. The second-order valence-corrected chi connectivity index (χ2v) is 6.47. The van der Waals surface area contributed by atoms with Crippen molar-refractivity contribution in [1.82, 2.24) is 20.4 Å². The first-order valence-electron chi connectivity index (χ1n) is 7.62. The van der Waals surface area contributed by atoms with Gasteiger partial charge in [-0.25, -0.2) is 0 Å². The van der Waals surface area contributed by atoms with Crippen LogP contribution in [0.4, 0.5) is 0 Å². The molecule has 1 atom stereocenters. The van der Waals surface area contributed by atoms with Gasteiger partial charge in [0.1, 0.15) is 0 Å². The highest BCUT2D eigenvalue weighted by molar-refractivity contribution is 7.99. The zero-order valence-corrected chi connectivity index (χ0v) is 14.8. The van der Waals surface area contributed by atoms with Crippen molar-refractivity contribution in [2.24, 2.45) is 4.99 Å². The molecule has 0 aliphatic carbocycles. The van der Waals surface area contributed by atoms with Crippen molar-refractivity contribution in [2.75, 3.05) is 25.9 Å². The number of hydrogen-bond donors (Lipinski definition) is 2. The summed E-state index contributed by atoms with van der Waals surface area (Å²) < 4.78 is 2.07. The maximum Gasteiger partial charge on any atom is 0.191 e. The van der Waals surface area contributed by atoms with Crippen LogP contribution >= 0.6 is 11.8 Å². The van der Waals surface area contributed by atoms with Crippen LogP contribution in [0.5, 0.6) is 0 Å². The van der Waals surface area contributed by atoms with Crippen LogP contribution in [0.2, 0.25) is 0 Å². The molecule has 0 saturated carbocycles. The van der Waals surface area contributed by atoms with Gasteiger partial charge >= 0.3 is 0 Å². The van der Waals surface area contributed by atoms with E-state index in [2.05, 4.69) is 58.5 Å². The molecule has 1 rings (SSSR count). The van der Waals surface area contributed by atoms with E-state index in [4.69, 9.17) is 0 Å². The normalized spacial score (nSPS) is 13.3. The third kappa shape index (κ3) is 6.89. The molecule has 6 heteroatoms. The Balaban J connectivity index is 2.34. The molecular formula is C15H29N5S. The second-order valence-electron chi connectivity index (χ2n) is 5.20. The van der Waals surface area contributed by atoms with Crippen LogP contribution < -0.4 is 10.6 Å². The highest BCUT2D eigenvalue weighted by atomic mass is 32.2. The summed E-state index contributed by atoms with van der Waals surface area (Å²) in [6.07, 6.45) is 3.15. The summed E-state index contributed by atoms with van der Waals surface area (Å²) in [5.41, 5.74) is 2.31. The van der Waals surface area contributed by atoms with Crippen molar-refractivity contribution in [3.05, 3.63) is 17.5 Å². The number of nitrogens with one attached hydrogen (secondary N) is 2. The third-order valence-corrected chi connectivity index (χ3v) is 4.15. The van der Waals surface area contributed by atoms with Crippen LogP contribution in [0.3, 0.4) is 0 Å². The molecule has 0 aliphatic rings. The van der Waals surface area contributed by atoms with E-state index in [0.29, 0.717) is 5.25 Å². The minimum Gasteiger partial charge on any atom is -0.357 e. The van der Waals surface area contributed by atoms with Gasteiger partial charge in [0.15, 0.2) is 5.96 Å². The summed E-state index contributed by atoms with van der Waals surface area (Å²) in [5, 5.41) is 11.7. The van der Waals surface area contributed by atoms with Gasteiger partial charge in [-0.2, -0.15) is 16.9 Å². The maximum atomic E-state index is 4.60. The van der Waals surface area contributed by atoms with Gasteiger partial charge < -0.3 is 10.6 Å². The Labute approximate surface area is 133 Å². The number of aryl methyl sites for hydroxylation is 3. The first-order chi connectivity index (χ1) is 10.1. The lowest BCUT2D eigenvalue weighted by Crippen LogP contribution is -2.38. The van der Waals surface area contributed by atoms with E-state index < -0.39 is 0 Å². The predicted molar refractivity (Wildman–Crippen MR) is 93.3 cm³/mol. The van der Waals surface area contributed by atoms with Gasteiger partial charge in [0.2, 0.25) is 0 Å². The molecule has 1 aromatic rings. The van der Waals surface area contributed by atoms with E-state index in [1.807, 2.05) is 18.7 Å². The Morgan fingerprint density at radius 2 is 2.19 bits per heavy atom. The molecule has 0 bridgehead atoms. The topological polar surface area (TPSA) is 54.2 Å². The molecule has 0 amide bonds. The average molecular weight is 311 g/mol. The summed E-state index contributed by atoms with van der Waals surface area (Å²) in [7, 11) is 0. The number of aliphatic imine (C=N–C) groups is 1. The smallest absolute Gasteiger partial charge is 0.191 e. The number of guanidine groups is 1. The number of thioether (sulfide) groups is 1. The van der Waals surface area contributed by atoms with Crippen LogP contribution in [0.15, 0.2) is 11.1 Å². The maximum absolute atomic E-state index is 4.60. The molecule has 0 fully saturated rings. The molecule has 0 aliphatic heterocycles. The molecule has 5 nitrogen and oxygen atoms in total. The molecule has 0 aromatic carbocycles. The molecule has 1 heterocycles. The molecule has 21 heavy (non-hydrogen) atoms. The minimum atomic E-state index is 0.551.